The topological polar surface area (TPSA) is 24.9 Å². The molecule has 3 heteroatoms. The van der Waals surface area contributed by atoms with Crippen molar-refractivity contribution in [2.75, 3.05) is 0 Å². The Hall–Kier alpha value is -1.74. The van der Waals surface area contributed by atoms with E-state index >= 15 is 0 Å². The number of rotatable bonds is 5. The first-order valence-electron chi connectivity index (χ1n) is 6.72. The third-order valence-electron chi connectivity index (χ3n) is 3.38. The molecule has 1 aromatic heterocycles. The van der Waals surface area contributed by atoms with Gasteiger partial charge in [0.25, 0.3) is 0 Å². The summed E-state index contributed by atoms with van der Waals surface area (Å²) < 4.78 is 13.8. The molecular formula is C16H17FN2. The molecule has 1 saturated carbocycles. The normalized spacial score (nSPS) is 14.6. The van der Waals surface area contributed by atoms with Crippen LogP contribution in [0.2, 0.25) is 0 Å². The van der Waals surface area contributed by atoms with Crippen molar-refractivity contribution in [2.45, 2.75) is 31.8 Å². The van der Waals surface area contributed by atoms with Gasteiger partial charge < -0.3 is 5.32 Å². The highest BCUT2D eigenvalue weighted by Crippen LogP contribution is 2.20. The van der Waals surface area contributed by atoms with E-state index in [1.54, 1.807) is 12.3 Å². The molecule has 2 aromatic rings. The highest BCUT2D eigenvalue weighted by molar-refractivity contribution is 5.28. The molecule has 1 aliphatic carbocycles. The van der Waals surface area contributed by atoms with E-state index in [0.717, 1.165) is 17.8 Å². The second-order valence-electron chi connectivity index (χ2n) is 5.08. The molecule has 0 spiro atoms. The Balaban J connectivity index is 1.73. The van der Waals surface area contributed by atoms with Gasteiger partial charge in [0.15, 0.2) is 0 Å². The Bertz CT molecular complexity index is 550. The van der Waals surface area contributed by atoms with Gasteiger partial charge in [0.05, 0.1) is 0 Å². The van der Waals surface area contributed by atoms with E-state index < -0.39 is 0 Å². The zero-order valence-electron chi connectivity index (χ0n) is 10.8. The molecule has 1 heterocycles. The predicted molar refractivity (Wildman–Crippen MR) is 73.3 cm³/mol. The fraction of sp³-hybridized carbons (Fsp3) is 0.312. The highest BCUT2D eigenvalue weighted by atomic mass is 19.1. The van der Waals surface area contributed by atoms with Crippen molar-refractivity contribution < 1.29 is 4.39 Å². The van der Waals surface area contributed by atoms with Gasteiger partial charge in [-0.05, 0) is 42.2 Å². The molecule has 1 fully saturated rings. The summed E-state index contributed by atoms with van der Waals surface area (Å²) in [5.74, 6) is -0.152. The van der Waals surface area contributed by atoms with Crippen LogP contribution in [0.4, 0.5) is 4.39 Å². The molecule has 0 aliphatic heterocycles. The number of benzene rings is 1. The molecule has 0 bridgehead atoms. The van der Waals surface area contributed by atoms with Crippen LogP contribution in [0.1, 0.15) is 29.7 Å². The molecule has 0 radical (unpaired) electrons. The first-order valence-corrected chi connectivity index (χ1v) is 6.72. The predicted octanol–water partition coefficient (Wildman–Crippen LogP) is 3.06. The van der Waals surface area contributed by atoms with Crippen LogP contribution in [-0.2, 0) is 13.0 Å². The Morgan fingerprint density at radius 2 is 2.11 bits per heavy atom. The van der Waals surface area contributed by atoms with Crippen molar-refractivity contribution in [3.8, 4) is 0 Å². The maximum absolute atomic E-state index is 13.8. The average Bonchev–Trinajstić information content (AvgIpc) is 3.25. The molecule has 0 amide bonds. The van der Waals surface area contributed by atoms with Crippen LogP contribution in [-0.4, -0.2) is 11.0 Å². The van der Waals surface area contributed by atoms with Crippen LogP contribution in [0.3, 0.4) is 0 Å². The van der Waals surface area contributed by atoms with Crippen molar-refractivity contribution in [3.05, 3.63) is 65.2 Å². The van der Waals surface area contributed by atoms with Gasteiger partial charge in [-0.3, -0.25) is 4.98 Å². The average molecular weight is 256 g/mol. The molecule has 19 heavy (non-hydrogen) atoms. The van der Waals surface area contributed by atoms with Gasteiger partial charge >= 0.3 is 0 Å². The van der Waals surface area contributed by atoms with Crippen LogP contribution in [0.5, 0.6) is 0 Å². The third-order valence-corrected chi connectivity index (χ3v) is 3.38. The Morgan fingerprint density at radius 3 is 2.84 bits per heavy atom. The van der Waals surface area contributed by atoms with Crippen molar-refractivity contribution in [2.24, 2.45) is 0 Å². The molecule has 1 aliphatic rings. The zero-order valence-corrected chi connectivity index (χ0v) is 10.8. The van der Waals surface area contributed by atoms with E-state index in [4.69, 9.17) is 0 Å². The standard InChI is InChI=1S/C16H17FN2/c17-16-7-4-12(11-19-14-5-6-14)9-13(16)10-15-3-1-2-8-18-15/h1-4,7-9,14,19H,5-6,10-11H2. The maximum atomic E-state index is 13.8. The quantitative estimate of drug-likeness (QED) is 0.889. The number of hydrogen-bond acceptors (Lipinski definition) is 2. The minimum atomic E-state index is -0.152. The molecule has 2 nitrogen and oxygen atoms in total. The summed E-state index contributed by atoms with van der Waals surface area (Å²) in [4.78, 5) is 4.25. The summed E-state index contributed by atoms with van der Waals surface area (Å²) in [5.41, 5.74) is 2.75. The third kappa shape index (κ3) is 3.38. The molecule has 98 valence electrons. The monoisotopic (exact) mass is 256 g/mol. The minimum Gasteiger partial charge on any atom is -0.310 e. The number of nitrogens with one attached hydrogen (secondary N) is 1. The molecule has 3 rings (SSSR count). The van der Waals surface area contributed by atoms with Crippen LogP contribution >= 0.6 is 0 Å². The van der Waals surface area contributed by atoms with E-state index in [-0.39, 0.29) is 5.82 Å². The summed E-state index contributed by atoms with van der Waals surface area (Å²) in [6.07, 6.45) is 4.82. The second-order valence-corrected chi connectivity index (χ2v) is 5.08. The SMILES string of the molecule is Fc1ccc(CNC2CC2)cc1Cc1ccccn1. The Labute approximate surface area is 112 Å². The van der Waals surface area contributed by atoms with Gasteiger partial charge in [-0.15, -0.1) is 0 Å². The van der Waals surface area contributed by atoms with Crippen molar-refractivity contribution in [1.29, 1.82) is 0 Å². The summed E-state index contributed by atoms with van der Waals surface area (Å²) in [7, 11) is 0. The van der Waals surface area contributed by atoms with E-state index in [1.807, 2.05) is 30.3 Å². The van der Waals surface area contributed by atoms with Crippen molar-refractivity contribution >= 4 is 0 Å². The largest absolute Gasteiger partial charge is 0.310 e. The number of nitrogens with zero attached hydrogens (tertiary/aromatic N) is 1. The van der Waals surface area contributed by atoms with Gasteiger partial charge in [-0.25, -0.2) is 4.39 Å². The fourth-order valence-corrected chi connectivity index (χ4v) is 2.12. The zero-order chi connectivity index (χ0) is 13.1. The molecule has 0 atom stereocenters. The van der Waals surface area contributed by atoms with Gasteiger partial charge in [0.1, 0.15) is 5.82 Å². The van der Waals surface area contributed by atoms with E-state index in [9.17, 15) is 4.39 Å². The van der Waals surface area contributed by atoms with Crippen LogP contribution in [0, 0.1) is 5.82 Å². The van der Waals surface area contributed by atoms with Gasteiger partial charge in [-0.1, -0.05) is 18.2 Å². The highest BCUT2D eigenvalue weighted by Gasteiger charge is 2.20. The van der Waals surface area contributed by atoms with E-state index in [0.29, 0.717) is 18.0 Å². The number of halogens is 1. The molecular weight excluding hydrogens is 239 g/mol. The Morgan fingerprint density at radius 1 is 1.21 bits per heavy atom. The van der Waals surface area contributed by atoms with E-state index in [2.05, 4.69) is 10.3 Å². The first-order chi connectivity index (χ1) is 9.31. The molecule has 1 N–H and O–H groups in total. The lowest BCUT2D eigenvalue weighted by Gasteiger charge is -2.07. The fourth-order valence-electron chi connectivity index (χ4n) is 2.12. The van der Waals surface area contributed by atoms with Crippen molar-refractivity contribution in [1.82, 2.24) is 10.3 Å². The van der Waals surface area contributed by atoms with Gasteiger partial charge in [0.2, 0.25) is 0 Å². The number of hydrogen-bond donors (Lipinski definition) is 1. The molecule has 1 aromatic carbocycles. The lowest BCUT2D eigenvalue weighted by Crippen LogP contribution is -2.15. The van der Waals surface area contributed by atoms with Crippen LogP contribution < -0.4 is 5.32 Å². The summed E-state index contributed by atoms with van der Waals surface area (Å²) in [5, 5.41) is 3.45. The summed E-state index contributed by atoms with van der Waals surface area (Å²) in [6, 6.07) is 11.8. The smallest absolute Gasteiger partial charge is 0.126 e. The van der Waals surface area contributed by atoms with Crippen LogP contribution in [0.15, 0.2) is 42.6 Å². The van der Waals surface area contributed by atoms with Crippen LogP contribution in [0.25, 0.3) is 0 Å². The lowest BCUT2D eigenvalue weighted by molar-refractivity contribution is 0.610. The van der Waals surface area contributed by atoms with Crippen molar-refractivity contribution in [3.63, 3.8) is 0 Å². The summed E-state index contributed by atoms with van der Waals surface area (Å²) >= 11 is 0. The number of aromatic nitrogens is 1. The van der Waals surface area contributed by atoms with Gasteiger partial charge in [-0.2, -0.15) is 0 Å². The molecule has 0 saturated heterocycles. The van der Waals surface area contributed by atoms with E-state index in [1.165, 1.54) is 12.8 Å². The maximum Gasteiger partial charge on any atom is 0.126 e. The summed E-state index contributed by atoms with van der Waals surface area (Å²) in [6.45, 7) is 0.820. The Kier molecular flexibility index (Phi) is 3.56. The first kappa shape index (κ1) is 12.3. The molecule has 0 unspecified atom stereocenters. The second kappa shape index (κ2) is 5.49. The number of pyridine rings is 1. The minimum absolute atomic E-state index is 0.152. The lowest BCUT2D eigenvalue weighted by atomic mass is 10.1. The van der Waals surface area contributed by atoms with Gasteiger partial charge in [0, 0.05) is 30.9 Å².